The molecule has 10 nitrogen and oxygen atoms in total. The molecule has 3 aromatic rings. The minimum absolute atomic E-state index is 0.0570. The van der Waals surface area contributed by atoms with E-state index in [0.717, 1.165) is 37.2 Å². The zero-order valence-corrected chi connectivity index (χ0v) is 26.9. The Morgan fingerprint density at radius 2 is 1.89 bits per heavy atom. The van der Waals surface area contributed by atoms with Gasteiger partial charge in [-0.25, -0.2) is 12.8 Å². The van der Waals surface area contributed by atoms with Crippen LogP contribution < -0.4 is 5.32 Å². The molecular formula is C31H40ClFN6O4S. The van der Waals surface area contributed by atoms with Crippen LogP contribution in [0.2, 0.25) is 5.02 Å². The van der Waals surface area contributed by atoms with Crippen molar-refractivity contribution in [1.29, 1.82) is 0 Å². The molecule has 2 N–H and O–H groups in total. The number of carbonyl (C=O) groups is 1. The summed E-state index contributed by atoms with van der Waals surface area (Å²) in [5.74, 6) is -1.17. The Labute approximate surface area is 263 Å². The van der Waals surface area contributed by atoms with Crippen LogP contribution >= 0.6 is 11.6 Å². The zero-order valence-electron chi connectivity index (χ0n) is 25.3. The molecule has 1 fully saturated rings. The highest BCUT2D eigenvalue weighted by Crippen LogP contribution is 2.33. The number of hydrogen-bond acceptors (Lipinski definition) is 7. The van der Waals surface area contributed by atoms with Crippen LogP contribution in [0, 0.1) is 5.82 Å². The Hall–Kier alpha value is -2.87. The average Bonchev–Trinajstić information content (AvgIpc) is 3.34. The second kappa shape index (κ2) is 13.6. The zero-order chi connectivity index (χ0) is 31.6. The Kier molecular flexibility index (Phi) is 10.1. The summed E-state index contributed by atoms with van der Waals surface area (Å²) in [5.41, 5.74) is 3.53. The number of halogens is 2. The van der Waals surface area contributed by atoms with Gasteiger partial charge >= 0.3 is 0 Å². The van der Waals surface area contributed by atoms with Gasteiger partial charge in [0.2, 0.25) is 10.0 Å². The molecule has 1 atom stereocenters. The van der Waals surface area contributed by atoms with E-state index < -0.39 is 27.9 Å². The lowest BCUT2D eigenvalue weighted by molar-refractivity contribution is 0.0681. The highest BCUT2D eigenvalue weighted by atomic mass is 35.5. The van der Waals surface area contributed by atoms with Gasteiger partial charge in [-0.05, 0) is 69.9 Å². The smallest absolute Gasteiger partial charge is 0.254 e. The van der Waals surface area contributed by atoms with Crippen molar-refractivity contribution in [2.45, 2.75) is 51.0 Å². The fourth-order valence-electron chi connectivity index (χ4n) is 6.08. The first-order valence-corrected chi connectivity index (χ1v) is 17.1. The molecular weight excluding hydrogens is 607 g/mol. The lowest BCUT2D eigenvalue weighted by Crippen LogP contribution is -2.45. The lowest BCUT2D eigenvalue weighted by atomic mass is 10.0. The first-order chi connectivity index (χ1) is 20.9. The fourth-order valence-corrected chi connectivity index (χ4v) is 7.05. The second-order valence-corrected chi connectivity index (χ2v) is 14.3. The number of amides is 1. The van der Waals surface area contributed by atoms with E-state index in [9.17, 15) is 22.7 Å². The van der Waals surface area contributed by atoms with Crippen LogP contribution in [0.5, 0.6) is 0 Å². The van der Waals surface area contributed by atoms with Crippen LogP contribution in [0.25, 0.3) is 11.3 Å². The van der Waals surface area contributed by atoms with Crippen molar-refractivity contribution < 1.29 is 22.7 Å². The molecule has 2 aliphatic rings. The van der Waals surface area contributed by atoms with Gasteiger partial charge in [-0.3, -0.25) is 9.48 Å². The monoisotopic (exact) mass is 646 g/mol. The molecule has 5 rings (SSSR count). The van der Waals surface area contributed by atoms with Crippen LogP contribution in [-0.2, 0) is 36.1 Å². The number of likely N-dealkylation sites (tertiary alicyclic amines) is 1. The van der Waals surface area contributed by atoms with Crippen molar-refractivity contribution in [1.82, 2.24) is 29.2 Å². The summed E-state index contributed by atoms with van der Waals surface area (Å²) in [5, 5.41) is 19.2. The van der Waals surface area contributed by atoms with Gasteiger partial charge in [0.25, 0.3) is 5.91 Å². The first kappa shape index (κ1) is 32.5. The summed E-state index contributed by atoms with van der Waals surface area (Å²) in [7, 11) is 0.766. The van der Waals surface area contributed by atoms with Gasteiger partial charge in [-0.1, -0.05) is 29.8 Å². The number of nitrogens with zero attached hydrogens (tertiary/aromatic N) is 5. The van der Waals surface area contributed by atoms with E-state index in [1.165, 1.54) is 28.8 Å². The maximum Gasteiger partial charge on any atom is 0.254 e. The molecule has 3 heterocycles. The van der Waals surface area contributed by atoms with Gasteiger partial charge in [0.15, 0.2) is 0 Å². The summed E-state index contributed by atoms with van der Waals surface area (Å²) in [6.45, 7) is 3.22. The van der Waals surface area contributed by atoms with E-state index in [1.807, 2.05) is 16.8 Å². The van der Waals surface area contributed by atoms with Crippen LogP contribution in [0.4, 0.5) is 4.39 Å². The number of benzene rings is 2. The summed E-state index contributed by atoms with van der Waals surface area (Å²) in [6, 6.07) is 11.6. The minimum Gasteiger partial charge on any atom is -0.390 e. The number of fused-ring (bicyclic) bond motifs is 1. The molecule has 1 saturated heterocycles. The van der Waals surface area contributed by atoms with Crippen molar-refractivity contribution >= 4 is 27.5 Å². The Morgan fingerprint density at radius 3 is 2.57 bits per heavy atom. The minimum atomic E-state index is -3.44. The number of β-amino-alcohol motifs (C(OH)–C–C–N with tert-alkyl or cyclic N) is 1. The first-order valence-electron chi connectivity index (χ1n) is 14.8. The molecule has 1 aromatic heterocycles. The standard InChI is InChI=1S/C31H40ClFN6O4S/c1-36(2)23-10-13-37(14-11-23)18-24(40)19-39-29-12-15-38(44(3,42)43)20-26(29)30(35-39)21-8-9-27(32)22(16-21)17-34-31(41)25-6-4-5-7-28(25)33/h4-9,16,23-24,40H,10-15,17-20H2,1-3H3,(H,34,41). The highest BCUT2D eigenvalue weighted by Gasteiger charge is 2.31. The van der Waals surface area contributed by atoms with Crippen molar-refractivity contribution in [2.24, 2.45) is 0 Å². The summed E-state index contributed by atoms with van der Waals surface area (Å²) >= 11 is 6.48. The van der Waals surface area contributed by atoms with E-state index in [-0.39, 0.29) is 25.2 Å². The number of aliphatic hydroxyl groups is 1. The summed E-state index contributed by atoms with van der Waals surface area (Å²) < 4.78 is 42.3. The molecule has 0 saturated carbocycles. The topological polar surface area (TPSA) is 111 Å². The van der Waals surface area contributed by atoms with Crippen LogP contribution in [-0.4, -0.2) is 102 Å². The molecule has 44 heavy (non-hydrogen) atoms. The lowest BCUT2D eigenvalue weighted by Gasteiger charge is -2.36. The number of aliphatic hydroxyl groups excluding tert-OH is 1. The Morgan fingerprint density at radius 1 is 1.16 bits per heavy atom. The number of aromatic nitrogens is 2. The van der Waals surface area contributed by atoms with Gasteiger partial charge < -0.3 is 20.2 Å². The molecule has 238 valence electrons. The number of rotatable bonds is 10. The van der Waals surface area contributed by atoms with E-state index in [4.69, 9.17) is 16.7 Å². The maximum atomic E-state index is 14.1. The van der Waals surface area contributed by atoms with Gasteiger partial charge in [-0.2, -0.15) is 9.40 Å². The molecule has 0 radical (unpaired) electrons. The number of piperidine rings is 1. The Balaban J connectivity index is 1.38. The summed E-state index contributed by atoms with van der Waals surface area (Å²) in [6.07, 6.45) is 3.13. The number of hydrogen-bond donors (Lipinski definition) is 2. The van der Waals surface area contributed by atoms with E-state index in [2.05, 4.69) is 29.2 Å². The average molecular weight is 647 g/mol. The third-order valence-electron chi connectivity index (χ3n) is 8.59. The van der Waals surface area contributed by atoms with Gasteiger partial charge in [0.05, 0.1) is 30.2 Å². The molecule has 2 aromatic carbocycles. The van der Waals surface area contributed by atoms with Crippen molar-refractivity contribution in [3.8, 4) is 11.3 Å². The molecule has 2 aliphatic heterocycles. The highest BCUT2D eigenvalue weighted by molar-refractivity contribution is 7.88. The molecule has 0 bridgehead atoms. The Bertz CT molecular complexity index is 1610. The van der Waals surface area contributed by atoms with E-state index >= 15 is 0 Å². The maximum absolute atomic E-state index is 14.1. The molecule has 1 unspecified atom stereocenters. The number of nitrogens with one attached hydrogen (secondary N) is 1. The largest absolute Gasteiger partial charge is 0.390 e. The molecule has 13 heteroatoms. The van der Waals surface area contributed by atoms with Crippen molar-refractivity contribution in [3.63, 3.8) is 0 Å². The van der Waals surface area contributed by atoms with E-state index in [0.29, 0.717) is 47.4 Å². The van der Waals surface area contributed by atoms with Gasteiger partial charge in [0.1, 0.15) is 5.82 Å². The SMILES string of the molecule is CN(C)C1CCN(CC(O)Cn2nc(-c3ccc(Cl)c(CNC(=O)c4ccccc4F)c3)c3c2CCN(S(C)(=O)=O)C3)CC1. The number of sulfonamides is 1. The molecule has 0 aliphatic carbocycles. The third-order valence-corrected chi connectivity index (χ3v) is 10.2. The predicted octanol–water partition coefficient (Wildman–Crippen LogP) is 2.98. The fraction of sp³-hybridized carbons (Fsp3) is 0.484. The quantitative estimate of drug-likeness (QED) is 0.349. The number of carbonyl (C=O) groups excluding carboxylic acids is 1. The third kappa shape index (κ3) is 7.49. The normalized spacial score (nSPS) is 17.5. The van der Waals surface area contributed by atoms with Crippen LogP contribution in [0.15, 0.2) is 42.5 Å². The summed E-state index contributed by atoms with van der Waals surface area (Å²) in [4.78, 5) is 17.2. The van der Waals surface area contributed by atoms with E-state index in [1.54, 1.807) is 12.1 Å². The van der Waals surface area contributed by atoms with Crippen LogP contribution in [0.3, 0.4) is 0 Å². The predicted molar refractivity (Wildman–Crippen MR) is 168 cm³/mol. The molecule has 1 amide bonds. The van der Waals surface area contributed by atoms with Crippen molar-refractivity contribution in [2.75, 3.05) is 46.5 Å². The van der Waals surface area contributed by atoms with Gasteiger partial charge in [-0.15, -0.1) is 0 Å². The van der Waals surface area contributed by atoms with Gasteiger partial charge in [0, 0.05) is 60.5 Å². The molecule has 0 spiro atoms. The van der Waals surface area contributed by atoms with Crippen LogP contribution in [0.1, 0.15) is 40.0 Å². The second-order valence-electron chi connectivity index (χ2n) is 11.9. The van der Waals surface area contributed by atoms with Crippen molar-refractivity contribution in [3.05, 3.63) is 75.7 Å².